The van der Waals surface area contributed by atoms with Crippen molar-refractivity contribution in [1.29, 1.82) is 0 Å². The average Bonchev–Trinajstić information content (AvgIpc) is 2.86. The predicted octanol–water partition coefficient (Wildman–Crippen LogP) is 3.96. The number of ether oxygens (including phenoxy) is 2. The van der Waals surface area contributed by atoms with E-state index < -0.39 is 0 Å². The number of hydrogen-bond donors (Lipinski definition) is 0. The third-order valence-corrected chi connectivity index (χ3v) is 6.53. The third kappa shape index (κ3) is 4.65. The van der Waals surface area contributed by atoms with Gasteiger partial charge in [-0.2, -0.15) is 0 Å². The minimum absolute atomic E-state index is 0.0785. The molecule has 6 heteroatoms. The molecule has 1 atom stereocenters. The van der Waals surface area contributed by atoms with E-state index in [2.05, 4.69) is 18.7 Å². The maximum atomic E-state index is 13.5. The monoisotopic (exact) mass is 436 g/mol. The van der Waals surface area contributed by atoms with Gasteiger partial charge in [0.2, 0.25) is 5.91 Å². The SMILES string of the molecule is CCN(CC)C(C(=O)N1CCC(C(=O)c2ccc3c(c2)OCCO3)CC1)c1ccccc1. The first-order chi connectivity index (χ1) is 15.6. The van der Waals surface area contributed by atoms with Gasteiger partial charge in [-0.3, -0.25) is 14.5 Å². The maximum Gasteiger partial charge on any atom is 0.244 e. The Morgan fingerprint density at radius 3 is 2.28 bits per heavy atom. The van der Waals surface area contributed by atoms with Crippen LogP contribution in [0.2, 0.25) is 0 Å². The summed E-state index contributed by atoms with van der Waals surface area (Å²) in [6.45, 7) is 8.02. The zero-order chi connectivity index (χ0) is 22.5. The summed E-state index contributed by atoms with van der Waals surface area (Å²) in [7, 11) is 0. The largest absolute Gasteiger partial charge is 0.486 e. The van der Waals surface area contributed by atoms with Crippen molar-refractivity contribution in [2.75, 3.05) is 39.4 Å². The number of amides is 1. The van der Waals surface area contributed by atoms with E-state index in [-0.39, 0.29) is 23.7 Å². The first-order valence-electron chi connectivity index (χ1n) is 11.6. The number of Topliss-reactive ketones (excluding diaryl/α,β-unsaturated/α-hetero) is 1. The molecule has 0 spiro atoms. The molecule has 0 aliphatic carbocycles. The van der Waals surface area contributed by atoms with E-state index in [0.29, 0.717) is 56.2 Å². The topological polar surface area (TPSA) is 59.1 Å². The molecule has 2 aliphatic rings. The molecule has 0 aromatic heterocycles. The van der Waals surface area contributed by atoms with Crippen LogP contribution in [0.3, 0.4) is 0 Å². The van der Waals surface area contributed by atoms with Crippen LogP contribution < -0.4 is 9.47 Å². The summed E-state index contributed by atoms with van der Waals surface area (Å²) in [4.78, 5) is 30.8. The van der Waals surface area contributed by atoms with Crippen LogP contribution in [0.25, 0.3) is 0 Å². The van der Waals surface area contributed by atoms with Gasteiger partial charge in [-0.1, -0.05) is 44.2 Å². The number of fused-ring (bicyclic) bond motifs is 1. The second-order valence-electron chi connectivity index (χ2n) is 8.36. The Hall–Kier alpha value is -2.86. The van der Waals surface area contributed by atoms with Crippen molar-refractivity contribution in [2.45, 2.75) is 32.7 Å². The number of hydrogen-bond acceptors (Lipinski definition) is 5. The molecule has 1 saturated heterocycles. The van der Waals surface area contributed by atoms with Crippen molar-refractivity contribution in [2.24, 2.45) is 5.92 Å². The highest BCUT2D eigenvalue weighted by Crippen LogP contribution is 2.33. The maximum absolute atomic E-state index is 13.5. The molecule has 2 aromatic carbocycles. The average molecular weight is 437 g/mol. The summed E-state index contributed by atoms with van der Waals surface area (Å²) in [6.07, 6.45) is 1.36. The van der Waals surface area contributed by atoms with Crippen molar-refractivity contribution in [1.82, 2.24) is 9.80 Å². The Balaban J connectivity index is 1.43. The molecule has 1 fully saturated rings. The van der Waals surface area contributed by atoms with E-state index in [1.54, 1.807) is 6.07 Å². The van der Waals surface area contributed by atoms with E-state index in [1.807, 2.05) is 47.4 Å². The molecule has 0 saturated carbocycles. The minimum Gasteiger partial charge on any atom is -0.486 e. The quantitative estimate of drug-likeness (QED) is 0.615. The molecule has 32 heavy (non-hydrogen) atoms. The molecule has 2 heterocycles. The minimum atomic E-state index is -0.281. The number of likely N-dealkylation sites (tertiary alicyclic amines) is 1. The number of rotatable bonds is 7. The Labute approximate surface area is 190 Å². The van der Waals surface area contributed by atoms with Gasteiger partial charge in [-0.05, 0) is 49.7 Å². The molecular weight excluding hydrogens is 404 g/mol. The number of likely N-dealkylation sites (N-methyl/N-ethyl adjacent to an activating group) is 1. The molecule has 1 amide bonds. The van der Waals surface area contributed by atoms with E-state index in [0.717, 1.165) is 18.7 Å². The van der Waals surface area contributed by atoms with Crippen LogP contribution in [-0.2, 0) is 4.79 Å². The Kier molecular flexibility index (Phi) is 7.10. The van der Waals surface area contributed by atoms with Gasteiger partial charge in [-0.15, -0.1) is 0 Å². The fourth-order valence-corrected chi connectivity index (χ4v) is 4.70. The number of ketones is 1. The van der Waals surface area contributed by atoms with Crippen LogP contribution in [0.4, 0.5) is 0 Å². The van der Waals surface area contributed by atoms with Crippen LogP contribution in [-0.4, -0.2) is 60.9 Å². The van der Waals surface area contributed by atoms with Crippen LogP contribution in [0.1, 0.15) is 48.7 Å². The standard InChI is InChI=1S/C26H32N2O4/c1-3-27(4-2)24(19-8-6-5-7-9-19)26(30)28-14-12-20(13-15-28)25(29)21-10-11-22-23(18-21)32-17-16-31-22/h5-11,18,20,24H,3-4,12-17H2,1-2H3. The highest BCUT2D eigenvalue weighted by molar-refractivity contribution is 5.98. The fourth-order valence-electron chi connectivity index (χ4n) is 4.70. The van der Waals surface area contributed by atoms with Gasteiger partial charge in [0, 0.05) is 24.6 Å². The zero-order valence-corrected chi connectivity index (χ0v) is 19.0. The molecule has 2 aromatic rings. The summed E-state index contributed by atoms with van der Waals surface area (Å²) in [5.74, 6) is 1.50. The smallest absolute Gasteiger partial charge is 0.244 e. The lowest BCUT2D eigenvalue weighted by Crippen LogP contribution is -2.47. The predicted molar refractivity (Wildman–Crippen MR) is 123 cm³/mol. The molecule has 0 N–H and O–H groups in total. The van der Waals surface area contributed by atoms with Crippen LogP contribution in [0, 0.1) is 5.92 Å². The number of piperidine rings is 1. The van der Waals surface area contributed by atoms with E-state index >= 15 is 0 Å². The number of carbonyl (C=O) groups excluding carboxylic acids is 2. The highest BCUT2D eigenvalue weighted by Gasteiger charge is 2.34. The van der Waals surface area contributed by atoms with E-state index in [4.69, 9.17) is 9.47 Å². The van der Waals surface area contributed by atoms with E-state index in [9.17, 15) is 9.59 Å². The summed E-state index contributed by atoms with van der Waals surface area (Å²) >= 11 is 0. The fraction of sp³-hybridized carbons (Fsp3) is 0.462. The second kappa shape index (κ2) is 10.2. The van der Waals surface area contributed by atoms with Gasteiger partial charge in [0.25, 0.3) is 0 Å². The van der Waals surface area contributed by atoms with Crippen molar-refractivity contribution >= 4 is 11.7 Å². The summed E-state index contributed by atoms with van der Waals surface area (Å²) in [5, 5.41) is 0. The van der Waals surface area contributed by atoms with Gasteiger partial charge in [0.05, 0.1) is 0 Å². The normalized spacial score (nSPS) is 17.3. The zero-order valence-electron chi connectivity index (χ0n) is 19.0. The second-order valence-corrected chi connectivity index (χ2v) is 8.36. The van der Waals surface area contributed by atoms with Gasteiger partial charge >= 0.3 is 0 Å². The first kappa shape index (κ1) is 22.3. The van der Waals surface area contributed by atoms with Gasteiger partial charge < -0.3 is 14.4 Å². The third-order valence-electron chi connectivity index (χ3n) is 6.53. The lowest BCUT2D eigenvalue weighted by molar-refractivity contribution is -0.138. The summed E-state index contributed by atoms with van der Waals surface area (Å²) in [6, 6.07) is 15.1. The van der Waals surface area contributed by atoms with Crippen LogP contribution >= 0.6 is 0 Å². The molecule has 6 nitrogen and oxygen atoms in total. The van der Waals surface area contributed by atoms with Gasteiger partial charge in [-0.25, -0.2) is 0 Å². The molecule has 0 radical (unpaired) electrons. The van der Waals surface area contributed by atoms with Crippen molar-refractivity contribution in [3.63, 3.8) is 0 Å². The Bertz CT molecular complexity index is 934. The number of benzene rings is 2. The van der Waals surface area contributed by atoms with Crippen molar-refractivity contribution in [3.05, 3.63) is 59.7 Å². The van der Waals surface area contributed by atoms with Crippen molar-refractivity contribution < 1.29 is 19.1 Å². The Morgan fingerprint density at radius 1 is 0.969 bits per heavy atom. The Morgan fingerprint density at radius 2 is 1.62 bits per heavy atom. The lowest BCUT2D eigenvalue weighted by atomic mass is 9.88. The molecule has 1 unspecified atom stereocenters. The molecule has 4 rings (SSSR count). The molecular formula is C26H32N2O4. The number of carbonyl (C=O) groups is 2. The molecule has 0 bridgehead atoms. The number of nitrogens with zero attached hydrogens (tertiary/aromatic N) is 2. The van der Waals surface area contributed by atoms with E-state index in [1.165, 1.54) is 0 Å². The molecule has 2 aliphatic heterocycles. The van der Waals surface area contributed by atoms with Crippen molar-refractivity contribution in [3.8, 4) is 11.5 Å². The summed E-state index contributed by atoms with van der Waals surface area (Å²) < 4.78 is 11.2. The lowest BCUT2D eigenvalue weighted by Gasteiger charge is -2.37. The van der Waals surface area contributed by atoms with Gasteiger partial charge in [0.15, 0.2) is 17.3 Å². The summed E-state index contributed by atoms with van der Waals surface area (Å²) in [5.41, 5.74) is 1.68. The van der Waals surface area contributed by atoms with Crippen LogP contribution in [0.15, 0.2) is 48.5 Å². The van der Waals surface area contributed by atoms with Crippen LogP contribution in [0.5, 0.6) is 11.5 Å². The molecule has 170 valence electrons. The van der Waals surface area contributed by atoms with Gasteiger partial charge in [0.1, 0.15) is 19.3 Å². The highest BCUT2D eigenvalue weighted by atomic mass is 16.6. The first-order valence-corrected chi connectivity index (χ1v) is 11.6.